The Morgan fingerprint density at radius 2 is 0.893 bits per heavy atom. The van der Waals surface area contributed by atoms with E-state index in [9.17, 15) is 15.3 Å². The van der Waals surface area contributed by atoms with Gasteiger partial charge in [-0.15, -0.1) is 0 Å². The molecule has 168 valence electrons. The molecule has 0 spiro atoms. The van der Waals surface area contributed by atoms with Crippen molar-refractivity contribution in [1.82, 2.24) is 0 Å². The second kappa shape index (κ2) is 16.7. The minimum atomic E-state index is -0.841. The Morgan fingerprint density at radius 3 is 1.25 bits per heavy atom. The van der Waals surface area contributed by atoms with Crippen LogP contribution >= 0.6 is 0 Å². The summed E-state index contributed by atoms with van der Waals surface area (Å²) in [6, 6.07) is 0. The maximum absolute atomic E-state index is 10.5. The molecule has 1 fully saturated rings. The van der Waals surface area contributed by atoms with Crippen molar-refractivity contribution in [3.8, 4) is 0 Å². The summed E-state index contributed by atoms with van der Waals surface area (Å²) in [4.78, 5) is 0. The molecule has 28 heavy (non-hydrogen) atoms. The van der Waals surface area contributed by atoms with Gasteiger partial charge in [0, 0.05) is 12.8 Å². The topological polar surface area (TPSA) is 60.7 Å². The molecule has 0 aromatic carbocycles. The fourth-order valence-electron chi connectivity index (χ4n) is 4.82. The van der Waals surface area contributed by atoms with E-state index in [0.29, 0.717) is 19.3 Å². The zero-order valence-electron chi connectivity index (χ0n) is 18.8. The first-order chi connectivity index (χ1) is 13.6. The van der Waals surface area contributed by atoms with E-state index in [1.807, 2.05) is 0 Å². The van der Waals surface area contributed by atoms with Gasteiger partial charge < -0.3 is 15.3 Å². The summed E-state index contributed by atoms with van der Waals surface area (Å²) in [6.45, 7) is 2.28. The van der Waals surface area contributed by atoms with Gasteiger partial charge in [0.05, 0.1) is 17.8 Å². The van der Waals surface area contributed by atoms with E-state index in [4.69, 9.17) is 0 Å². The van der Waals surface area contributed by atoms with Gasteiger partial charge in [-0.2, -0.15) is 0 Å². The van der Waals surface area contributed by atoms with Crippen LogP contribution in [0.25, 0.3) is 0 Å². The van der Waals surface area contributed by atoms with Crippen LogP contribution < -0.4 is 0 Å². The van der Waals surface area contributed by atoms with Gasteiger partial charge in [0.15, 0.2) is 0 Å². The molecule has 3 heteroatoms. The Hall–Kier alpha value is -0.120. The van der Waals surface area contributed by atoms with Crippen molar-refractivity contribution in [2.24, 2.45) is 0 Å². The maximum atomic E-state index is 10.5. The Bertz CT molecular complexity index is 335. The van der Waals surface area contributed by atoms with Crippen molar-refractivity contribution in [1.29, 1.82) is 0 Å². The molecule has 0 amide bonds. The number of hydrogen-bond acceptors (Lipinski definition) is 3. The lowest BCUT2D eigenvalue weighted by Crippen LogP contribution is -2.43. The fourth-order valence-corrected chi connectivity index (χ4v) is 4.82. The molecule has 3 N–H and O–H groups in total. The standard InChI is InChI=1S/C25H50O3/c1-2-3-4-5-6-7-8-9-10-11-12-13-14-15-16-17-18-19-25(28)21-23(26)20-24(27)22-25/h23-24,26-28H,2-22H2,1H3/t23-,24-/m0/s1. The summed E-state index contributed by atoms with van der Waals surface area (Å²) < 4.78 is 0. The van der Waals surface area contributed by atoms with Crippen LogP contribution in [-0.2, 0) is 0 Å². The quantitative estimate of drug-likeness (QED) is 0.226. The lowest BCUT2D eigenvalue weighted by Gasteiger charge is -2.37. The maximum Gasteiger partial charge on any atom is 0.0697 e. The Kier molecular flexibility index (Phi) is 15.4. The number of aliphatic hydroxyl groups excluding tert-OH is 2. The molecular weight excluding hydrogens is 348 g/mol. The van der Waals surface area contributed by atoms with Crippen LogP contribution in [0.1, 0.15) is 142 Å². The van der Waals surface area contributed by atoms with Crippen LogP contribution in [0.15, 0.2) is 0 Å². The van der Waals surface area contributed by atoms with Crippen molar-refractivity contribution < 1.29 is 15.3 Å². The molecular formula is C25H50O3. The number of unbranched alkanes of at least 4 members (excludes halogenated alkanes) is 16. The van der Waals surface area contributed by atoms with E-state index in [-0.39, 0.29) is 0 Å². The van der Waals surface area contributed by atoms with Gasteiger partial charge in [-0.25, -0.2) is 0 Å². The van der Waals surface area contributed by atoms with Crippen molar-refractivity contribution in [3.63, 3.8) is 0 Å². The van der Waals surface area contributed by atoms with Gasteiger partial charge in [-0.05, 0) is 12.8 Å². The molecule has 2 atom stereocenters. The molecule has 0 radical (unpaired) electrons. The number of rotatable bonds is 18. The van der Waals surface area contributed by atoms with Crippen LogP contribution in [0.2, 0.25) is 0 Å². The first kappa shape index (κ1) is 25.9. The van der Waals surface area contributed by atoms with E-state index < -0.39 is 17.8 Å². The monoisotopic (exact) mass is 398 g/mol. The smallest absolute Gasteiger partial charge is 0.0697 e. The van der Waals surface area contributed by atoms with E-state index >= 15 is 0 Å². The lowest BCUT2D eigenvalue weighted by molar-refractivity contribution is -0.0950. The molecule has 0 saturated heterocycles. The summed E-state index contributed by atoms with van der Waals surface area (Å²) in [5.41, 5.74) is -0.841. The third-order valence-corrected chi connectivity index (χ3v) is 6.52. The van der Waals surface area contributed by atoms with Crippen LogP contribution in [0.3, 0.4) is 0 Å². The Balaban J connectivity index is 1.79. The summed E-state index contributed by atoms with van der Waals surface area (Å²) >= 11 is 0. The summed E-state index contributed by atoms with van der Waals surface area (Å²) in [7, 11) is 0. The van der Waals surface area contributed by atoms with Crippen molar-refractivity contribution in [2.75, 3.05) is 0 Å². The largest absolute Gasteiger partial charge is 0.393 e. The molecule has 1 aliphatic carbocycles. The zero-order valence-corrected chi connectivity index (χ0v) is 18.8. The van der Waals surface area contributed by atoms with E-state index in [0.717, 1.165) is 19.3 Å². The molecule has 1 rings (SSSR count). The predicted molar refractivity (Wildman–Crippen MR) is 120 cm³/mol. The molecule has 0 aromatic rings. The summed E-state index contributed by atoms with van der Waals surface area (Å²) in [5, 5.41) is 30.0. The van der Waals surface area contributed by atoms with Gasteiger partial charge in [0.25, 0.3) is 0 Å². The van der Waals surface area contributed by atoms with Crippen LogP contribution in [0.4, 0.5) is 0 Å². The third kappa shape index (κ3) is 14.0. The van der Waals surface area contributed by atoms with E-state index in [2.05, 4.69) is 6.92 Å². The average molecular weight is 399 g/mol. The van der Waals surface area contributed by atoms with Crippen LogP contribution in [0, 0.1) is 0 Å². The van der Waals surface area contributed by atoms with Gasteiger partial charge in [0.2, 0.25) is 0 Å². The molecule has 1 aliphatic rings. The van der Waals surface area contributed by atoms with Crippen LogP contribution in [0.5, 0.6) is 0 Å². The first-order valence-electron chi connectivity index (χ1n) is 12.6. The number of hydrogen-bond donors (Lipinski definition) is 3. The van der Waals surface area contributed by atoms with Gasteiger partial charge >= 0.3 is 0 Å². The molecule has 0 heterocycles. The Morgan fingerprint density at radius 1 is 0.571 bits per heavy atom. The Labute approximate surface area is 175 Å². The highest BCUT2D eigenvalue weighted by Crippen LogP contribution is 2.33. The minimum absolute atomic E-state index is 0.418. The van der Waals surface area contributed by atoms with Crippen molar-refractivity contribution >= 4 is 0 Å². The van der Waals surface area contributed by atoms with E-state index in [1.54, 1.807) is 0 Å². The molecule has 0 bridgehead atoms. The highest BCUT2D eigenvalue weighted by atomic mass is 16.3. The second-order valence-corrected chi connectivity index (χ2v) is 9.58. The molecule has 0 aliphatic heterocycles. The normalized spacial score (nSPS) is 25.3. The van der Waals surface area contributed by atoms with Crippen LogP contribution in [-0.4, -0.2) is 33.1 Å². The summed E-state index contributed by atoms with van der Waals surface area (Å²) in [6.07, 6.45) is 24.0. The molecule has 0 unspecified atom stereocenters. The third-order valence-electron chi connectivity index (χ3n) is 6.52. The highest BCUT2D eigenvalue weighted by molar-refractivity contribution is 4.90. The van der Waals surface area contributed by atoms with Gasteiger partial charge in [-0.1, -0.05) is 116 Å². The molecule has 0 aromatic heterocycles. The molecule has 1 saturated carbocycles. The fraction of sp³-hybridized carbons (Fsp3) is 1.00. The number of aliphatic hydroxyl groups is 3. The SMILES string of the molecule is CCCCCCCCCCCCCCCCCCCC1(O)C[C@@H](O)C[C@H](O)C1. The van der Waals surface area contributed by atoms with Crippen molar-refractivity contribution in [2.45, 2.75) is 160 Å². The van der Waals surface area contributed by atoms with E-state index in [1.165, 1.54) is 96.3 Å². The highest BCUT2D eigenvalue weighted by Gasteiger charge is 2.37. The minimum Gasteiger partial charge on any atom is -0.393 e. The lowest BCUT2D eigenvalue weighted by atomic mass is 9.78. The first-order valence-corrected chi connectivity index (χ1v) is 12.6. The predicted octanol–water partition coefficient (Wildman–Crippen LogP) is 6.66. The molecule has 3 nitrogen and oxygen atoms in total. The average Bonchev–Trinajstić information content (AvgIpc) is 2.63. The summed E-state index contributed by atoms with van der Waals surface area (Å²) in [5.74, 6) is 0. The zero-order chi connectivity index (χ0) is 20.5. The van der Waals surface area contributed by atoms with Gasteiger partial charge in [0.1, 0.15) is 0 Å². The van der Waals surface area contributed by atoms with Gasteiger partial charge in [-0.3, -0.25) is 0 Å². The second-order valence-electron chi connectivity index (χ2n) is 9.58. The van der Waals surface area contributed by atoms with Crippen molar-refractivity contribution in [3.05, 3.63) is 0 Å².